The highest BCUT2D eigenvalue weighted by Crippen LogP contribution is 2.28. The minimum absolute atomic E-state index is 0.0502. The molecule has 1 unspecified atom stereocenters. The quantitative estimate of drug-likeness (QED) is 0.931. The smallest absolute Gasteiger partial charge is 0.250 e. The van der Waals surface area contributed by atoms with Crippen LogP contribution < -0.4 is 10.2 Å². The third-order valence-corrected chi connectivity index (χ3v) is 3.85. The molecule has 1 aromatic rings. The van der Waals surface area contributed by atoms with Crippen molar-refractivity contribution in [1.82, 2.24) is 5.32 Å². The van der Waals surface area contributed by atoms with Crippen molar-refractivity contribution in [3.05, 3.63) is 28.8 Å². The van der Waals surface area contributed by atoms with Gasteiger partial charge in [0.15, 0.2) is 0 Å². The predicted octanol–water partition coefficient (Wildman–Crippen LogP) is 2.53. The van der Waals surface area contributed by atoms with Crippen molar-refractivity contribution >= 4 is 29.1 Å². The van der Waals surface area contributed by atoms with E-state index in [-0.39, 0.29) is 18.4 Å². The second-order valence-electron chi connectivity index (χ2n) is 5.56. The van der Waals surface area contributed by atoms with E-state index in [1.807, 2.05) is 26.8 Å². The summed E-state index contributed by atoms with van der Waals surface area (Å²) in [6, 6.07) is 4.95. The van der Waals surface area contributed by atoms with Crippen molar-refractivity contribution in [2.45, 2.75) is 33.2 Å². The number of nitrogens with zero attached hydrogens (tertiary/aromatic N) is 1. The number of hydrogen-bond acceptors (Lipinski definition) is 2. The van der Waals surface area contributed by atoms with Crippen LogP contribution in [0.1, 0.15) is 25.8 Å². The lowest BCUT2D eigenvalue weighted by Crippen LogP contribution is -2.58. The molecule has 0 aliphatic carbocycles. The number of rotatable bonds is 3. The number of piperazine rings is 1. The predicted molar refractivity (Wildman–Crippen MR) is 79.9 cm³/mol. The third kappa shape index (κ3) is 2.96. The monoisotopic (exact) mass is 294 g/mol. The van der Waals surface area contributed by atoms with Crippen LogP contribution in [0.2, 0.25) is 5.02 Å². The molecule has 0 saturated carbocycles. The van der Waals surface area contributed by atoms with Crippen LogP contribution in [0.15, 0.2) is 18.2 Å². The van der Waals surface area contributed by atoms with E-state index in [0.29, 0.717) is 23.0 Å². The van der Waals surface area contributed by atoms with Crippen molar-refractivity contribution in [3.8, 4) is 0 Å². The van der Waals surface area contributed by atoms with E-state index in [2.05, 4.69) is 5.32 Å². The first-order valence-electron chi connectivity index (χ1n) is 6.76. The normalized spacial score (nSPS) is 19.4. The fourth-order valence-electron chi connectivity index (χ4n) is 2.43. The van der Waals surface area contributed by atoms with Gasteiger partial charge in [0, 0.05) is 10.7 Å². The SMILES string of the molecule is Cc1c(Cl)cccc1N1CC(=O)NC(CC(C)C)C1=O. The van der Waals surface area contributed by atoms with Gasteiger partial charge < -0.3 is 10.2 Å². The Hall–Kier alpha value is -1.55. The summed E-state index contributed by atoms with van der Waals surface area (Å²) in [5, 5.41) is 3.37. The molecule has 2 rings (SSSR count). The zero-order valence-corrected chi connectivity index (χ0v) is 12.7. The van der Waals surface area contributed by atoms with Crippen molar-refractivity contribution in [3.63, 3.8) is 0 Å². The third-order valence-electron chi connectivity index (χ3n) is 3.44. The molecule has 2 amide bonds. The van der Waals surface area contributed by atoms with Crippen LogP contribution in [0.3, 0.4) is 0 Å². The molecule has 0 bridgehead atoms. The molecule has 1 aliphatic heterocycles. The van der Waals surface area contributed by atoms with E-state index < -0.39 is 6.04 Å². The Morgan fingerprint density at radius 3 is 2.75 bits per heavy atom. The van der Waals surface area contributed by atoms with E-state index in [4.69, 9.17) is 11.6 Å². The fourth-order valence-corrected chi connectivity index (χ4v) is 2.60. The molecule has 1 atom stereocenters. The van der Waals surface area contributed by atoms with Crippen LogP contribution in [-0.2, 0) is 9.59 Å². The molecule has 108 valence electrons. The molecule has 5 heteroatoms. The Morgan fingerprint density at radius 2 is 2.10 bits per heavy atom. The molecule has 20 heavy (non-hydrogen) atoms. The van der Waals surface area contributed by atoms with Crippen LogP contribution in [0.5, 0.6) is 0 Å². The highest BCUT2D eigenvalue weighted by Gasteiger charge is 2.34. The van der Waals surface area contributed by atoms with E-state index in [0.717, 1.165) is 5.56 Å². The van der Waals surface area contributed by atoms with Gasteiger partial charge in [0.2, 0.25) is 11.8 Å². The molecule has 1 N–H and O–H groups in total. The Bertz CT molecular complexity index is 543. The van der Waals surface area contributed by atoms with Gasteiger partial charge in [-0.3, -0.25) is 9.59 Å². The maximum absolute atomic E-state index is 12.5. The summed E-state index contributed by atoms with van der Waals surface area (Å²) >= 11 is 6.10. The summed E-state index contributed by atoms with van der Waals surface area (Å²) in [6.07, 6.45) is 0.640. The van der Waals surface area contributed by atoms with Gasteiger partial charge in [0.05, 0.1) is 0 Å². The van der Waals surface area contributed by atoms with Crippen molar-refractivity contribution < 1.29 is 9.59 Å². The van der Waals surface area contributed by atoms with E-state index in [1.165, 1.54) is 4.90 Å². The number of amides is 2. The van der Waals surface area contributed by atoms with Gasteiger partial charge in [-0.1, -0.05) is 31.5 Å². The summed E-state index contributed by atoms with van der Waals surface area (Å²) < 4.78 is 0. The van der Waals surface area contributed by atoms with E-state index in [9.17, 15) is 9.59 Å². The van der Waals surface area contributed by atoms with Gasteiger partial charge in [-0.05, 0) is 37.0 Å². The summed E-state index contributed by atoms with van der Waals surface area (Å²) in [5.74, 6) is 0.142. The topological polar surface area (TPSA) is 49.4 Å². The Labute approximate surface area is 124 Å². The molecule has 0 spiro atoms. The van der Waals surface area contributed by atoms with Gasteiger partial charge in [-0.25, -0.2) is 0 Å². The second kappa shape index (κ2) is 5.83. The average Bonchev–Trinajstić information content (AvgIpc) is 2.36. The first-order valence-corrected chi connectivity index (χ1v) is 7.13. The summed E-state index contributed by atoms with van der Waals surface area (Å²) in [6.45, 7) is 5.97. The lowest BCUT2D eigenvalue weighted by molar-refractivity contribution is -0.131. The van der Waals surface area contributed by atoms with Crippen LogP contribution in [0, 0.1) is 12.8 Å². The first-order chi connectivity index (χ1) is 9.40. The van der Waals surface area contributed by atoms with Crippen molar-refractivity contribution in [1.29, 1.82) is 0 Å². The minimum Gasteiger partial charge on any atom is -0.343 e. The number of halogens is 1. The number of carbonyl (C=O) groups excluding carboxylic acids is 2. The molecule has 1 fully saturated rings. The molecule has 1 heterocycles. The fraction of sp³-hybridized carbons (Fsp3) is 0.467. The molecule has 1 aliphatic rings. The average molecular weight is 295 g/mol. The zero-order valence-electron chi connectivity index (χ0n) is 11.9. The minimum atomic E-state index is -0.449. The number of carbonyl (C=O) groups is 2. The Balaban J connectivity index is 2.32. The highest BCUT2D eigenvalue weighted by molar-refractivity contribution is 6.31. The number of hydrogen-bond donors (Lipinski definition) is 1. The first kappa shape index (κ1) is 14.9. The summed E-state index contributed by atoms with van der Waals surface area (Å²) in [4.78, 5) is 25.9. The molecule has 0 aromatic heterocycles. The van der Waals surface area contributed by atoms with Gasteiger partial charge in [0.25, 0.3) is 0 Å². The van der Waals surface area contributed by atoms with Crippen LogP contribution >= 0.6 is 11.6 Å². The van der Waals surface area contributed by atoms with Gasteiger partial charge in [-0.15, -0.1) is 0 Å². The maximum atomic E-state index is 12.5. The largest absolute Gasteiger partial charge is 0.343 e. The molecular formula is C15H19ClN2O2. The molecule has 0 radical (unpaired) electrons. The molecule has 4 nitrogen and oxygen atoms in total. The van der Waals surface area contributed by atoms with Crippen molar-refractivity contribution in [2.75, 3.05) is 11.4 Å². The number of benzene rings is 1. The van der Waals surface area contributed by atoms with Gasteiger partial charge >= 0.3 is 0 Å². The number of nitrogens with one attached hydrogen (secondary N) is 1. The summed E-state index contributed by atoms with van der Waals surface area (Å²) in [5.41, 5.74) is 1.53. The highest BCUT2D eigenvalue weighted by atomic mass is 35.5. The molecule has 1 aromatic carbocycles. The van der Waals surface area contributed by atoms with Crippen LogP contribution in [-0.4, -0.2) is 24.4 Å². The Kier molecular flexibility index (Phi) is 4.33. The van der Waals surface area contributed by atoms with Crippen molar-refractivity contribution in [2.24, 2.45) is 5.92 Å². The van der Waals surface area contributed by atoms with E-state index >= 15 is 0 Å². The zero-order chi connectivity index (χ0) is 14.9. The van der Waals surface area contributed by atoms with Gasteiger partial charge in [-0.2, -0.15) is 0 Å². The molecular weight excluding hydrogens is 276 g/mol. The van der Waals surface area contributed by atoms with Gasteiger partial charge in [0.1, 0.15) is 12.6 Å². The maximum Gasteiger partial charge on any atom is 0.250 e. The molecule has 1 saturated heterocycles. The Morgan fingerprint density at radius 1 is 1.40 bits per heavy atom. The number of anilines is 1. The summed E-state index contributed by atoms with van der Waals surface area (Å²) in [7, 11) is 0. The van der Waals surface area contributed by atoms with Crippen LogP contribution in [0.25, 0.3) is 0 Å². The second-order valence-corrected chi connectivity index (χ2v) is 5.97. The lowest BCUT2D eigenvalue weighted by atomic mass is 10.00. The van der Waals surface area contributed by atoms with Crippen LogP contribution in [0.4, 0.5) is 5.69 Å². The van der Waals surface area contributed by atoms with E-state index in [1.54, 1.807) is 12.1 Å². The standard InChI is InChI=1S/C15H19ClN2O2/c1-9(2)7-12-15(20)18(8-14(19)17-12)13-6-4-5-11(16)10(13)3/h4-6,9,12H,7-8H2,1-3H3,(H,17,19). The lowest BCUT2D eigenvalue weighted by Gasteiger charge is -2.34.